The third-order valence-electron chi connectivity index (χ3n) is 3.86. The number of methoxy groups -OCH3 is 1. The van der Waals surface area contributed by atoms with E-state index >= 15 is 0 Å². The first-order valence-electron chi connectivity index (χ1n) is 7.85. The summed E-state index contributed by atoms with van der Waals surface area (Å²) < 4.78 is 17.4. The van der Waals surface area contributed by atoms with E-state index in [1.807, 2.05) is 32.0 Å². The largest absolute Gasteiger partial charge is 0.493 e. The Hall–Kier alpha value is -1.26. The summed E-state index contributed by atoms with van der Waals surface area (Å²) in [5, 5.41) is 3.52. The molecule has 0 saturated heterocycles. The van der Waals surface area contributed by atoms with Gasteiger partial charge in [-0.3, -0.25) is 0 Å². The van der Waals surface area contributed by atoms with Crippen LogP contribution in [0.1, 0.15) is 32.3 Å². The normalized spacial score (nSPS) is 24.5. The molecular formula is C17H27NO3. The van der Waals surface area contributed by atoms with Crippen LogP contribution in [0.25, 0.3) is 0 Å². The first-order valence-corrected chi connectivity index (χ1v) is 7.85. The Morgan fingerprint density at radius 1 is 1.24 bits per heavy atom. The fraction of sp³-hybridized carbons (Fsp3) is 0.647. The first-order chi connectivity index (χ1) is 10.2. The molecule has 0 heterocycles. The fourth-order valence-corrected chi connectivity index (χ4v) is 2.68. The molecule has 0 aromatic heterocycles. The Labute approximate surface area is 127 Å². The fourth-order valence-electron chi connectivity index (χ4n) is 2.68. The van der Waals surface area contributed by atoms with Gasteiger partial charge in [0.05, 0.1) is 7.11 Å². The van der Waals surface area contributed by atoms with Gasteiger partial charge < -0.3 is 19.5 Å². The molecule has 118 valence electrons. The van der Waals surface area contributed by atoms with Crippen molar-refractivity contribution in [2.75, 3.05) is 20.3 Å². The monoisotopic (exact) mass is 293 g/mol. The zero-order valence-electron chi connectivity index (χ0n) is 13.5. The summed E-state index contributed by atoms with van der Waals surface area (Å²) in [6.07, 6.45) is 2.32. The van der Waals surface area contributed by atoms with E-state index in [9.17, 15) is 0 Å². The van der Waals surface area contributed by atoms with Gasteiger partial charge in [0.25, 0.3) is 0 Å². The first kappa shape index (κ1) is 16.1. The van der Waals surface area contributed by atoms with Crippen molar-refractivity contribution in [3.8, 4) is 11.5 Å². The van der Waals surface area contributed by atoms with Crippen LogP contribution in [0.4, 0.5) is 0 Å². The van der Waals surface area contributed by atoms with Crippen molar-refractivity contribution in [3.63, 3.8) is 0 Å². The Balaban J connectivity index is 1.99. The molecule has 1 aliphatic rings. The van der Waals surface area contributed by atoms with Crippen LogP contribution in [0, 0.1) is 6.92 Å². The van der Waals surface area contributed by atoms with Crippen molar-refractivity contribution in [2.45, 2.75) is 51.9 Å². The Morgan fingerprint density at radius 3 is 2.71 bits per heavy atom. The van der Waals surface area contributed by atoms with Crippen molar-refractivity contribution in [1.82, 2.24) is 5.32 Å². The highest BCUT2D eigenvalue weighted by atomic mass is 16.6. The highest BCUT2D eigenvalue weighted by Gasteiger charge is 2.43. The second kappa shape index (κ2) is 7.66. The van der Waals surface area contributed by atoms with Crippen LogP contribution in [0.15, 0.2) is 18.2 Å². The van der Waals surface area contributed by atoms with Crippen molar-refractivity contribution >= 4 is 0 Å². The number of ether oxygens (including phenoxy) is 3. The maximum atomic E-state index is 6.11. The van der Waals surface area contributed by atoms with Crippen molar-refractivity contribution in [3.05, 3.63) is 23.8 Å². The van der Waals surface area contributed by atoms with Gasteiger partial charge in [-0.25, -0.2) is 0 Å². The molecule has 1 aromatic carbocycles. The predicted molar refractivity (Wildman–Crippen MR) is 84.3 cm³/mol. The van der Waals surface area contributed by atoms with Gasteiger partial charge in [-0.2, -0.15) is 0 Å². The molecule has 21 heavy (non-hydrogen) atoms. The second-order valence-electron chi connectivity index (χ2n) is 5.53. The summed E-state index contributed by atoms with van der Waals surface area (Å²) in [5.41, 5.74) is 1.16. The summed E-state index contributed by atoms with van der Waals surface area (Å²) in [6.45, 7) is 7.98. The Morgan fingerprint density at radius 2 is 2.05 bits per heavy atom. The molecule has 3 atom stereocenters. The number of hydrogen-bond donors (Lipinski definition) is 1. The molecule has 1 N–H and O–H groups in total. The highest BCUT2D eigenvalue weighted by molar-refractivity contribution is 5.42. The van der Waals surface area contributed by atoms with Gasteiger partial charge in [-0.05, 0) is 44.5 Å². The maximum Gasteiger partial charge on any atom is 0.161 e. The smallest absolute Gasteiger partial charge is 0.161 e. The van der Waals surface area contributed by atoms with Crippen LogP contribution >= 0.6 is 0 Å². The van der Waals surface area contributed by atoms with Gasteiger partial charge >= 0.3 is 0 Å². The zero-order chi connectivity index (χ0) is 15.2. The lowest BCUT2D eigenvalue weighted by atomic mass is 9.85. The van der Waals surface area contributed by atoms with Crippen molar-refractivity contribution in [2.24, 2.45) is 0 Å². The SMILES string of the molecule is CCCNC1CC(Oc2ccc(C)cc2OC)C1OCC. The molecule has 0 bridgehead atoms. The lowest BCUT2D eigenvalue weighted by Crippen LogP contribution is -2.61. The molecule has 1 aliphatic carbocycles. The van der Waals surface area contributed by atoms with E-state index in [0.717, 1.165) is 36.4 Å². The molecule has 1 aromatic rings. The minimum absolute atomic E-state index is 0.0934. The average Bonchev–Trinajstić information content (AvgIpc) is 2.48. The summed E-state index contributed by atoms with van der Waals surface area (Å²) in [6, 6.07) is 6.41. The lowest BCUT2D eigenvalue weighted by molar-refractivity contribution is -0.105. The predicted octanol–water partition coefficient (Wildman–Crippen LogP) is 2.93. The minimum Gasteiger partial charge on any atom is -0.493 e. The Bertz CT molecular complexity index is 450. The molecule has 0 spiro atoms. The number of hydrogen-bond acceptors (Lipinski definition) is 4. The van der Waals surface area contributed by atoms with Crippen LogP contribution < -0.4 is 14.8 Å². The topological polar surface area (TPSA) is 39.7 Å². The lowest BCUT2D eigenvalue weighted by Gasteiger charge is -2.44. The summed E-state index contributed by atoms with van der Waals surface area (Å²) in [4.78, 5) is 0. The van der Waals surface area contributed by atoms with Gasteiger partial charge in [-0.1, -0.05) is 13.0 Å². The molecule has 4 heteroatoms. The molecule has 3 unspecified atom stereocenters. The van der Waals surface area contributed by atoms with Crippen LogP contribution in [-0.4, -0.2) is 38.5 Å². The molecule has 0 aliphatic heterocycles. The maximum absolute atomic E-state index is 6.11. The van der Waals surface area contributed by atoms with E-state index in [0.29, 0.717) is 12.6 Å². The zero-order valence-corrected chi connectivity index (χ0v) is 13.5. The van der Waals surface area contributed by atoms with Crippen LogP contribution in [0.3, 0.4) is 0 Å². The van der Waals surface area contributed by atoms with Gasteiger partial charge in [0.2, 0.25) is 0 Å². The third kappa shape index (κ3) is 3.89. The summed E-state index contributed by atoms with van der Waals surface area (Å²) in [7, 11) is 1.67. The number of aryl methyl sites for hydroxylation is 1. The van der Waals surface area contributed by atoms with Crippen LogP contribution in [0.5, 0.6) is 11.5 Å². The molecule has 0 amide bonds. The quantitative estimate of drug-likeness (QED) is 0.800. The van der Waals surface area contributed by atoms with Crippen LogP contribution in [0.2, 0.25) is 0 Å². The molecule has 1 saturated carbocycles. The van der Waals surface area contributed by atoms with Gasteiger partial charge in [0, 0.05) is 19.1 Å². The van der Waals surface area contributed by atoms with Gasteiger partial charge in [0.15, 0.2) is 11.5 Å². The number of benzene rings is 1. The number of nitrogens with one attached hydrogen (secondary N) is 1. The summed E-state index contributed by atoms with van der Waals surface area (Å²) >= 11 is 0. The molecule has 2 rings (SSSR count). The highest BCUT2D eigenvalue weighted by Crippen LogP contribution is 2.34. The Kier molecular flexibility index (Phi) is 5.88. The van der Waals surface area contributed by atoms with Crippen LogP contribution in [-0.2, 0) is 4.74 Å². The molecule has 0 radical (unpaired) electrons. The van der Waals surface area contributed by atoms with E-state index in [-0.39, 0.29) is 12.2 Å². The van der Waals surface area contributed by atoms with E-state index in [4.69, 9.17) is 14.2 Å². The van der Waals surface area contributed by atoms with Gasteiger partial charge in [0.1, 0.15) is 12.2 Å². The van der Waals surface area contributed by atoms with E-state index in [1.54, 1.807) is 7.11 Å². The van der Waals surface area contributed by atoms with Crippen molar-refractivity contribution in [1.29, 1.82) is 0 Å². The number of rotatable bonds is 8. The standard InChI is InChI=1S/C17H27NO3/c1-5-9-18-13-11-16(17(13)20-6-2)21-14-8-7-12(3)10-15(14)19-4/h7-8,10,13,16-18H,5-6,9,11H2,1-4H3. The van der Waals surface area contributed by atoms with Crippen molar-refractivity contribution < 1.29 is 14.2 Å². The second-order valence-corrected chi connectivity index (χ2v) is 5.53. The molecule has 1 fully saturated rings. The average molecular weight is 293 g/mol. The molecule has 4 nitrogen and oxygen atoms in total. The van der Waals surface area contributed by atoms with E-state index in [1.165, 1.54) is 0 Å². The third-order valence-corrected chi connectivity index (χ3v) is 3.86. The van der Waals surface area contributed by atoms with E-state index < -0.39 is 0 Å². The minimum atomic E-state index is 0.0934. The molecular weight excluding hydrogens is 266 g/mol. The van der Waals surface area contributed by atoms with Gasteiger partial charge in [-0.15, -0.1) is 0 Å². The van der Waals surface area contributed by atoms with E-state index in [2.05, 4.69) is 12.2 Å². The summed E-state index contributed by atoms with van der Waals surface area (Å²) in [5.74, 6) is 1.59.